The number of amides is 2. The highest BCUT2D eigenvalue weighted by Gasteiger charge is 2.25. The van der Waals surface area contributed by atoms with E-state index >= 15 is 0 Å². The van der Waals surface area contributed by atoms with Crippen LogP contribution in [0.25, 0.3) is 0 Å². The van der Waals surface area contributed by atoms with Gasteiger partial charge < -0.3 is 10.1 Å². The maximum Gasteiger partial charge on any atom is 0.271 e. The summed E-state index contributed by atoms with van der Waals surface area (Å²) in [5, 5.41) is 8.45. The standard InChI is InChI=1S/C24H21N3O3/c1-17-6-5-7-19(16-17)27-23(28)15-14-22(26-27)24(29)25-18-10-12-21(13-11-18)30-20-8-3-2-4-9-20/h2-13,16H,14-15H2,1H3,(H,25,29). The molecule has 0 bridgehead atoms. The van der Waals surface area contributed by atoms with Gasteiger partial charge in [0.15, 0.2) is 0 Å². The lowest BCUT2D eigenvalue weighted by Crippen LogP contribution is -2.36. The summed E-state index contributed by atoms with van der Waals surface area (Å²) in [6, 6.07) is 24.1. The molecule has 0 aromatic heterocycles. The monoisotopic (exact) mass is 399 g/mol. The molecule has 0 spiro atoms. The molecule has 1 aliphatic rings. The Morgan fingerprint density at radius 3 is 2.40 bits per heavy atom. The molecule has 0 saturated carbocycles. The van der Waals surface area contributed by atoms with Gasteiger partial charge in [-0.1, -0.05) is 30.3 Å². The van der Waals surface area contributed by atoms with E-state index < -0.39 is 0 Å². The van der Waals surface area contributed by atoms with Crippen molar-refractivity contribution in [2.45, 2.75) is 19.8 Å². The summed E-state index contributed by atoms with van der Waals surface area (Å²) in [6.07, 6.45) is 0.548. The molecule has 1 N–H and O–H groups in total. The molecule has 30 heavy (non-hydrogen) atoms. The molecule has 4 rings (SSSR count). The summed E-state index contributed by atoms with van der Waals surface area (Å²) in [5.74, 6) is 0.966. The normalized spacial score (nSPS) is 13.6. The van der Waals surface area contributed by atoms with Crippen LogP contribution in [0.3, 0.4) is 0 Å². The van der Waals surface area contributed by atoms with Crippen molar-refractivity contribution in [2.75, 3.05) is 10.3 Å². The van der Waals surface area contributed by atoms with Crippen LogP contribution in [0.1, 0.15) is 18.4 Å². The lowest BCUT2D eigenvalue weighted by Gasteiger charge is -2.23. The van der Waals surface area contributed by atoms with Gasteiger partial charge in [-0.05, 0) is 61.0 Å². The molecule has 1 heterocycles. The number of anilines is 2. The maximum absolute atomic E-state index is 12.7. The van der Waals surface area contributed by atoms with Crippen molar-refractivity contribution in [2.24, 2.45) is 5.10 Å². The first kappa shape index (κ1) is 19.4. The topological polar surface area (TPSA) is 71.0 Å². The molecule has 3 aromatic rings. The van der Waals surface area contributed by atoms with Gasteiger partial charge in [-0.3, -0.25) is 9.59 Å². The van der Waals surface area contributed by atoms with Gasteiger partial charge in [0.25, 0.3) is 5.91 Å². The molecule has 0 unspecified atom stereocenters. The molecule has 6 heteroatoms. The predicted octanol–water partition coefficient (Wildman–Crippen LogP) is 4.91. The third kappa shape index (κ3) is 4.55. The average molecular weight is 399 g/mol. The molecular formula is C24H21N3O3. The molecule has 3 aromatic carbocycles. The first-order valence-corrected chi connectivity index (χ1v) is 9.70. The van der Waals surface area contributed by atoms with E-state index in [4.69, 9.17) is 4.74 Å². The highest BCUT2D eigenvalue weighted by Crippen LogP contribution is 2.24. The second kappa shape index (κ2) is 8.61. The lowest BCUT2D eigenvalue weighted by molar-refractivity contribution is -0.118. The van der Waals surface area contributed by atoms with E-state index in [1.807, 2.05) is 55.5 Å². The van der Waals surface area contributed by atoms with E-state index in [-0.39, 0.29) is 18.2 Å². The van der Waals surface area contributed by atoms with Crippen LogP contribution < -0.4 is 15.1 Å². The minimum Gasteiger partial charge on any atom is -0.457 e. The number of ether oxygens (including phenoxy) is 1. The van der Waals surface area contributed by atoms with Gasteiger partial charge in [-0.25, -0.2) is 5.01 Å². The number of rotatable bonds is 5. The Bertz CT molecular complexity index is 1090. The minimum absolute atomic E-state index is 0.125. The fourth-order valence-corrected chi connectivity index (χ4v) is 3.11. The van der Waals surface area contributed by atoms with Crippen LogP contribution in [-0.4, -0.2) is 17.5 Å². The number of hydrogen-bond donors (Lipinski definition) is 1. The summed E-state index contributed by atoms with van der Waals surface area (Å²) in [5.41, 5.74) is 2.63. The molecule has 150 valence electrons. The molecule has 1 aliphatic heterocycles. The first-order valence-electron chi connectivity index (χ1n) is 9.70. The molecule has 0 fully saturated rings. The Balaban J connectivity index is 1.45. The Kier molecular flexibility index (Phi) is 5.57. The van der Waals surface area contributed by atoms with Crippen LogP contribution in [0.4, 0.5) is 11.4 Å². The van der Waals surface area contributed by atoms with Crippen molar-refractivity contribution in [3.8, 4) is 11.5 Å². The van der Waals surface area contributed by atoms with Crippen LogP contribution in [0.15, 0.2) is 84.0 Å². The maximum atomic E-state index is 12.7. The molecule has 0 atom stereocenters. The second-order valence-corrected chi connectivity index (χ2v) is 6.98. The highest BCUT2D eigenvalue weighted by molar-refractivity contribution is 6.44. The number of benzene rings is 3. The molecule has 0 radical (unpaired) electrons. The van der Waals surface area contributed by atoms with Gasteiger partial charge in [0.05, 0.1) is 5.69 Å². The third-order valence-corrected chi connectivity index (χ3v) is 4.63. The van der Waals surface area contributed by atoms with E-state index in [0.717, 1.165) is 11.3 Å². The largest absolute Gasteiger partial charge is 0.457 e. The summed E-state index contributed by atoms with van der Waals surface area (Å²) in [4.78, 5) is 25.0. The van der Waals surface area contributed by atoms with Gasteiger partial charge >= 0.3 is 0 Å². The Morgan fingerprint density at radius 2 is 1.67 bits per heavy atom. The zero-order valence-corrected chi connectivity index (χ0v) is 16.5. The van der Waals surface area contributed by atoms with Gasteiger partial charge in [0.1, 0.15) is 17.2 Å². The smallest absolute Gasteiger partial charge is 0.271 e. The van der Waals surface area contributed by atoms with Crippen LogP contribution in [0, 0.1) is 6.92 Å². The number of carbonyl (C=O) groups is 2. The number of nitrogens with zero attached hydrogens (tertiary/aromatic N) is 2. The Hall–Kier alpha value is -3.93. The number of para-hydroxylation sites is 1. The highest BCUT2D eigenvalue weighted by atomic mass is 16.5. The van der Waals surface area contributed by atoms with Crippen molar-refractivity contribution < 1.29 is 14.3 Å². The summed E-state index contributed by atoms with van der Waals surface area (Å²) in [6.45, 7) is 1.94. The van der Waals surface area contributed by atoms with E-state index in [9.17, 15) is 9.59 Å². The number of carbonyl (C=O) groups excluding carboxylic acids is 2. The summed E-state index contributed by atoms with van der Waals surface area (Å²) in [7, 11) is 0. The Labute approximate surface area is 174 Å². The molecule has 6 nitrogen and oxygen atoms in total. The number of nitrogens with one attached hydrogen (secondary N) is 1. The fraction of sp³-hybridized carbons (Fsp3) is 0.125. The predicted molar refractivity (Wildman–Crippen MR) is 117 cm³/mol. The van der Waals surface area contributed by atoms with E-state index in [0.29, 0.717) is 29.3 Å². The average Bonchev–Trinajstić information content (AvgIpc) is 2.76. The van der Waals surface area contributed by atoms with Crippen LogP contribution in [-0.2, 0) is 9.59 Å². The van der Waals surface area contributed by atoms with Crippen molar-refractivity contribution in [3.63, 3.8) is 0 Å². The van der Waals surface area contributed by atoms with Gasteiger partial charge in [0.2, 0.25) is 5.91 Å². The molecular weight excluding hydrogens is 378 g/mol. The van der Waals surface area contributed by atoms with E-state index in [1.54, 1.807) is 30.3 Å². The van der Waals surface area contributed by atoms with Crippen molar-refractivity contribution in [1.29, 1.82) is 0 Å². The zero-order chi connectivity index (χ0) is 20.9. The molecule has 0 saturated heterocycles. The summed E-state index contributed by atoms with van der Waals surface area (Å²) < 4.78 is 5.76. The quantitative estimate of drug-likeness (QED) is 0.663. The zero-order valence-electron chi connectivity index (χ0n) is 16.5. The lowest BCUT2D eigenvalue weighted by atomic mass is 10.1. The van der Waals surface area contributed by atoms with E-state index in [1.165, 1.54) is 5.01 Å². The molecule has 0 aliphatic carbocycles. The first-order chi connectivity index (χ1) is 14.6. The van der Waals surface area contributed by atoms with Crippen molar-refractivity contribution in [3.05, 3.63) is 84.4 Å². The second-order valence-electron chi connectivity index (χ2n) is 6.98. The fourth-order valence-electron chi connectivity index (χ4n) is 3.11. The van der Waals surface area contributed by atoms with Gasteiger partial charge in [-0.2, -0.15) is 5.10 Å². The van der Waals surface area contributed by atoms with Crippen LogP contribution >= 0.6 is 0 Å². The van der Waals surface area contributed by atoms with Gasteiger partial charge in [0, 0.05) is 18.5 Å². The van der Waals surface area contributed by atoms with Crippen molar-refractivity contribution in [1.82, 2.24) is 0 Å². The van der Waals surface area contributed by atoms with E-state index in [2.05, 4.69) is 10.4 Å². The molecule has 2 amide bonds. The summed E-state index contributed by atoms with van der Waals surface area (Å²) >= 11 is 0. The SMILES string of the molecule is Cc1cccc(N2N=C(C(=O)Nc3ccc(Oc4ccccc4)cc3)CCC2=O)c1. The number of hydrogen-bond acceptors (Lipinski definition) is 4. The van der Waals surface area contributed by atoms with Crippen LogP contribution in [0.5, 0.6) is 11.5 Å². The number of hydrazone groups is 1. The van der Waals surface area contributed by atoms with Crippen molar-refractivity contribution >= 4 is 28.9 Å². The van der Waals surface area contributed by atoms with Crippen LogP contribution in [0.2, 0.25) is 0 Å². The number of aryl methyl sites for hydroxylation is 1. The Morgan fingerprint density at radius 1 is 0.933 bits per heavy atom. The third-order valence-electron chi connectivity index (χ3n) is 4.63. The van der Waals surface area contributed by atoms with Gasteiger partial charge in [-0.15, -0.1) is 0 Å². The minimum atomic E-state index is -0.322.